The normalized spacial score (nSPS) is 11.0. The molecule has 0 saturated heterocycles. The molecule has 4 aromatic rings. The van der Waals surface area contributed by atoms with Crippen molar-refractivity contribution in [2.75, 3.05) is 31.4 Å². The summed E-state index contributed by atoms with van der Waals surface area (Å²) in [6, 6.07) is 14.7. The van der Waals surface area contributed by atoms with Crippen molar-refractivity contribution in [3.63, 3.8) is 0 Å². The number of ether oxygens (including phenoxy) is 2. The number of hydrogen-bond acceptors (Lipinski definition) is 7. The summed E-state index contributed by atoms with van der Waals surface area (Å²) in [5, 5.41) is 13.2. The number of thioether (sulfide) groups is 1. The average molecular weight is 480 g/mol. The quantitative estimate of drug-likeness (QED) is 0.261. The van der Waals surface area contributed by atoms with Crippen molar-refractivity contribution in [1.29, 1.82) is 0 Å². The van der Waals surface area contributed by atoms with E-state index in [4.69, 9.17) is 9.47 Å². The lowest BCUT2D eigenvalue weighted by Crippen LogP contribution is -2.18. The zero-order valence-corrected chi connectivity index (χ0v) is 19.7. The number of benzene rings is 2. The molecule has 2 N–H and O–H groups in total. The standard InChI is InChI=1S/C24H25N5O4S/c1-3-33-23(31)17-9-5-7-11-20(17)26-21(30)15-34-24-28-27-22(29(24)12-13-32-2)18-14-25-19-10-6-4-8-16(18)19/h4-11,14,25H,3,12-13,15H2,1-2H3,(H,26,30). The number of carbonyl (C=O) groups excluding carboxylic acids is 2. The Morgan fingerprint density at radius 3 is 2.74 bits per heavy atom. The SMILES string of the molecule is CCOC(=O)c1ccccc1NC(=O)CSc1nnc(-c2c[nH]c3ccccc23)n1CCOC. The van der Waals surface area contributed by atoms with Crippen LogP contribution in [0.5, 0.6) is 0 Å². The van der Waals surface area contributed by atoms with Gasteiger partial charge in [-0.3, -0.25) is 9.36 Å². The van der Waals surface area contributed by atoms with Gasteiger partial charge in [-0.05, 0) is 25.1 Å². The lowest BCUT2D eigenvalue weighted by Gasteiger charge is -2.11. The van der Waals surface area contributed by atoms with E-state index in [2.05, 4.69) is 20.5 Å². The highest BCUT2D eigenvalue weighted by molar-refractivity contribution is 7.99. The van der Waals surface area contributed by atoms with E-state index in [1.54, 1.807) is 38.3 Å². The first-order valence-electron chi connectivity index (χ1n) is 10.8. The summed E-state index contributed by atoms with van der Waals surface area (Å²) in [6.07, 6.45) is 1.91. The van der Waals surface area contributed by atoms with Crippen LogP contribution < -0.4 is 5.32 Å². The Morgan fingerprint density at radius 2 is 1.91 bits per heavy atom. The zero-order chi connectivity index (χ0) is 23.9. The van der Waals surface area contributed by atoms with E-state index in [1.807, 2.05) is 35.0 Å². The fraction of sp³-hybridized carbons (Fsp3) is 0.250. The van der Waals surface area contributed by atoms with E-state index in [1.165, 1.54) is 11.8 Å². The molecule has 176 valence electrons. The number of nitrogens with one attached hydrogen (secondary N) is 2. The number of H-pyrrole nitrogens is 1. The molecule has 2 aromatic heterocycles. The molecule has 0 saturated carbocycles. The van der Waals surface area contributed by atoms with E-state index in [9.17, 15) is 9.59 Å². The Kier molecular flexibility index (Phi) is 7.61. The lowest BCUT2D eigenvalue weighted by atomic mass is 10.1. The van der Waals surface area contributed by atoms with Crippen LogP contribution in [-0.4, -0.2) is 57.7 Å². The molecule has 0 atom stereocenters. The van der Waals surface area contributed by atoms with Gasteiger partial charge in [0.15, 0.2) is 11.0 Å². The topological polar surface area (TPSA) is 111 Å². The van der Waals surface area contributed by atoms with Gasteiger partial charge >= 0.3 is 5.97 Å². The molecule has 0 bridgehead atoms. The number of nitrogens with zero attached hydrogens (tertiary/aromatic N) is 3. The van der Waals surface area contributed by atoms with Crippen molar-refractivity contribution in [2.45, 2.75) is 18.6 Å². The Balaban J connectivity index is 1.51. The molecule has 0 unspecified atom stereocenters. The fourth-order valence-corrected chi connectivity index (χ4v) is 4.30. The molecule has 2 heterocycles. The van der Waals surface area contributed by atoms with Crippen LogP contribution >= 0.6 is 11.8 Å². The molecule has 0 aliphatic rings. The summed E-state index contributed by atoms with van der Waals surface area (Å²) in [7, 11) is 1.64. The maximum atomic E-state index is 12.7. The Hall–Kier alpha value is -3.63. The van der Waals surface area contributed by atoms with Gasteiger partial charge in [0.25, 0.3) is 0 Å². The zero-order valence-electron chi connectivity index (χ0n) is 18.9. The van der Waals surface area contributed by atoms with E-state index >= 15 is 0 Å². The van der Waals surface area contributed by atoms with E-state index in [0.717, 1.165) is 16.5 Å². The minimum Gasteiger partial charge on any atom is -0.462 e. The molecule has 0 spiro atoms. The van der Waals surface area contributed by atoms with Crippen LogP contribution in [0.25, 0.3) is 22.3 Å². The van der Waals surface area contributed by atoms with Crippen LogP contribution in [0, 0.1) is 0 Å². The van der Waals surface area contributed by atoms with Crippen molar-refractivity contribution in [3.8, 4) is 11.4 Å². The van der Waals surface area contributed by atoms with Gasteiger partial charge in [0.2, 0.25) is 5.91 Å². The largest absolute Gasteiger partial charge is 0.462 e. The van der Waals surface area contributed by atoms with E-state index in [0.29, 0.717) is 35.4 Å². The van der Waals surface area contributed by atoms with Crippen molar-refractivity contribution in [2.24, 2.45) is 0 Å². The monoisotopic (exact) mass is 479 g/mol. The van der Waals surface area contributed by atoms with Crippen molar-refractivity contribution >= 4 is 40.2 Å². The Labute approximate surface area is 200 Å². The maximum Gasteiger partial charge on any atom is 0.340 e. The molecular formula is C24H25N5O4S. The maximum absolute atomic E-state index is 12.7. The highest BCUT2D eigenvalue weighted by Crippen LogP contribution is 2.30. The minimum atomic E-state index is -0.478. The van der Waals surface area contributed by atoms with E-state index in [-0.39, 0.29) is 18.3 Å². The average Bonchev–Trinajstić information content (AvgIpc) is 3.45. The van der Waals surface area contributed by atoms with Crippen LogP contribution in [0.1, 0.15) is 17.3 Å². The van der Waals surface area contributed by atoms with Crippen LogP contribution in [0.2, 0.25) is 0 Å². The molecule has 0 aliphatic carbocycles. The molecule has 10 heteroatoms. The molecule has 9 nitrogen and oxygen atoms in total. The second-order valence-electron chi connectivity index (χ2n) is 7.30. The first-order chi connectivity index (χ1) is 16.6. The van der Waals surface area contributed by atoms with Gasteiger partial charge < -0.3 is 19.8 Å². The van der Waals surface area contributed by atoms with Gasteiger partial charge in [-0.2, -0.15) is 0 Å². The number of anilines is 1. The Bertz CT molecular complexity index is 1300. The summed E-state index contributed by atoms with van der Waals surface area (Å²) in [5.74, 6) is 0.0476. The number of esters is 1. The van der Waals surface area contributed by atoms with Gasteiger partial charge in [0, 0.05) is 29.8 Å². The molecule has 0 fully saturated rings. The highest BCUT2D eigenvalue weighted by atomic mass is 32.2. The number of rotatable bonds is 10. The summed E-state index contributed by atoms with van der Waals surface area (Å²) in [6.45, 7) is 3.00. The van der Waals surface area contributed by atoms with E-state index < -0.39 is 5.97 Å². The van der Waals surface area contributed by atoms with Gasteiger partial charge in [0.1, 0.15) is 0 Å². The third-order valence-electron chi connectivity index (χ3n) is 5.09. The number of methoxy groups -OCH3 is 1. The second-order valence-corrected chi connectivity index (χ2v) is 8.24. The molecule has 1 amide bonds. The summed E-state index contributed by atoms with van der Waals surface area (Å²) < 4.78 is 12.3. The van der Waals surface area contributed by atoms with Gasteiger partial charge in [-0.15, -0.1) is 10.2 Å². The number of para-hydroxylation sites is 2. The van der Waals surface area contributed by atoms with Gasteiger partial charge in [-0.25, -0.2) is 4.79 Å². The lowest BCUT2D eigenvalue weighted by molar-refractivity contribution is -0.113. The molecule has 4 rings (SSSR count). The third kappa shape index (κ3) is 5.13. The first-order valence-corrected chi connectivity index (χ1v) is 11.8. The molecule has 2 aromatic carbocycles. The minimum absolute atomic E-state index is 0.0934. The number of carbonyl (C=O) groups is 2. The van der Waals surface area contributed by atoms with Gasteiger partial charge in [0.05, 0.1) is 36.8 Å². The van der Waals surface area contributed by atoms with Crippen LogP contribution in [0.15, 0.2) is 59.9 Å². The first kappa shape index (κ1) is 23.5. The molecule has 0 aliphatic heterocycles. The Morgan fingerprint density at radius 1 is 1.12 bits per heavy atom. The van der Waals surface area contributed by atoms with Crippen LogP contribution in [-0.2, 0) is 20.8 Å². The number of aromatic amines is 1. The predicted octanol–water partition coefficient (Wildman–Crippen LogP) is 3.98. The summed E-state index contributed by atoms with van der Waals surface area (Å²) >= 11 is 1.27. The number of fused-ring (bicyclic) bond motifs is 1. The van der Waals surface area contributed by atoms with Crippen LogP contribution in [0.4, 0.5) is 5.69 Å². The fourth-order valence-electron chi connectivity index (χ4n) is 3.53. The number of aromatic nitrogens is 4. The predicted molar refractivity (Wildman–Crippen MR) is 131 cm³/mol. The molecule has 34 heavy (non-hydrogen) atoms. The summed E-state index contributed by atoms with van der Waals surface area (Å²) in [5.41, 5.74) is 2.66. The molecule has 0 radical (unpaired) electrons. The summed E-state index contributed by atoms with van der Waals surface area (Å²) in [4.78, 5) is 28.1. The van der Waals surface area contributed by atoms with Crippen molar-refractivity contribution < 1.29 is 19.1 Å². The van der Waals surface area contributed by atoms with Crippen molar-refractivity contribution in [3.05, 3.63) is 60.3 Å². The number of hydrogen-bond donors (Lipinski definition) is 2. The van der Waals surface area contributed by atoms with Crippen molar-refractivity contribution in [1.82, 2.24) is 19.7 Å². The van der Waals surface area contributed by atoms with Gasteiger partial charge in [-0.1, -0.05) is 42.1 Å². The smallest absolute Gasteiger partial charge is 0.340 e. The number of amides is 1. The second kappa shape index (κ2) is 11.0. The highest BCUT2D eigenvalue weighted by Gasteiger charge is 2.19. The van der Waals surface area contributed by atoms with Crippen LogP contribution in [0.3, 0.4) is 0 Å². The molecular weight excluding hydrogens is 454 g/mol. The third-order valence-corrected chi connectivity index (χ3v) is 6.06.